The lowest BCUT2D eigenvalue weighted by Crippen LogP contribution is -2.14. The molecule has 3 heteroatoms. The molecule has 0 bridgehead atoms. The fourth-order valence-electron chi connectivity index (χ4n) is 0.761. The number of carboxylic acid groups (broad SMARTS) is 1. The van der Waals surface area contributed by atoms with E-state index >= 15 is 0 Å². The molecule has 0 atom stereocenters. The van der Waals surface area contributed by atoms with Gasteiger partial charge in [-0.2, -0.15) is 0 Å². The van der Waals surface area contributed by atoms with E-state index in [1.54, 1.807) is 6.92 Å². The SMILES string of the molecule is CC(CCN(C)C)=C(C)C(=O)O. The first-order valence-corrected chi connectivity index (χ1v) is 3.99. The van der Waals surface area contributed by atoms with Crippen LogP contribution in [0.4, 0.5) is 0 Å². The molecule has 0 fully saturated rings. The van der Waals surface area contributed by atoms with Crippen molar-refractivity contribution in [1.29, 1.82) is 0 Å². The van der Waals surface area contributed by atoms with E-state index in [4.69, 9.17) is 5.11 Å². The summed E-state index contributed by atoms with van der Waals surface area (Å²) in [6.07, 6.45) is 0.825. The third-order valence-electron chi connectivity index (χ3n) is 1.89. The molecule has 0 aliphatic rings. The van der Waals surface area contributed by atoms with Gasteiger partial charge in [-0.3, -0.25) is 0 Å². The number of rotatable bonds is 4. The average molecular weight is 171 g/mol. The lowest BCUT2D eigenvalue weighted by atomic mass is 10.1. The van der Waals surface area contributed by atoms with Crippen molar-refractivity contribution in [2.45, 2.75) is 20.3 Å². The van der Waals surface area contributed by atoms with E-state index in [0.29, 0.717) is 5.57 Å². The first-order chi connectivity index (χ1) is 5.45. The van der Waals surface area contributed by atoms with Crippen molar-refractivity contribution < 1.29 is 9.90 Å². The molecule has 0 unspecified atom stereocenters. The fraction of sp³-hybridized carbons (Fsp3) is 0.667. The lowest BCUT2D eigenvalue weighted by molar-refractivity contribution is -0.132. The molecule has 0 rings (SSSR count). The molecule has 0 radical (unpaired) electrons. The Morgan fingerprint density at radius 3 is 2.17 bits per heavy atom. The van der Waals surface area contributed by atoms with Gasteiger partial charge in [-0.25, -0.2) is 4.79 Å². The Labute approximate surface area is 73.7 Å². The maximum atomic E-state index is 10.5. The predicted octanol–water partition coefficient (Wildman–Crippen LogP) is 1.36. The zero-order chi connectivity index (χ0) is 9.72. The highest BCUT2D eigenvalue weighted by Crippen LogP contribution is 2.07. The third kappa shape index (κ3) is 4.13. The Hall–Kier alpha value is -0.830. The lowest BCUT2D eigenvalue weighted by Gasteiger charge is -2.10. The third-order valence-corrected chi connectivity index (χ3v) is 1.89. The van der Waals surface area contributed by atoms with Crippen molar-refractivity contribution in [3.8, 4) is 0 Å². The van der Waals surface area contributed by atoms with Gasteiger partial charge < -0.3 is 10.0 Å². The van der Waals surface area contributed by atoms with Gasteiger partial charge in [0.25, 0.3) is 0 Å². The van der Waals surface area contributed by atoms with Crippen LogP contribution >= 0.6 is 0 Å². The number of hydrogen-bond acceptors (Lipinski definition) is 2. The summed E-state index contributed by atoms with van der Waals surface area (Å²) in [5.74, 6) is -0.814. The van der Waals surface area contributed by atoms with Gasteiger partial charge in [0.15, 0.2) is 0 Å². The van der Waals surface area contributed by atoms with E-state index in [1.165, 1.54) is 0 Å². The molecular weight excluding hydrogens is 154 g/mol. The molecule has 0 aromatic carbocycles. The van der Waals surface area contributed by atoms with Crippen LogP contribution in [0.3, 0.4) is 0 Å². The summed E-state index contributed by atoms with van der Waals surface area (Å²) in [5, 5.41) is 8.65. The van der Waals surface area contributed by atoms with Crippen molar-refractivity contribution in [2.75, 3.05) is 20.6 Å². The maximum Gasteiger partial charge on any atom is 0.331 e. The monoisotopic (exact) mass is 171 g/mol. The van der Waals surface area contributed by atoms with Crippen LogP contribution in [-0.2, 0) is 4.79 Å². The topological polar surface area (TPSA) is 40.5 Å². The van der Waals surface area contributed by atoms with E-state index in [2.05, 4.69) is 0 Å². The Kier molecular flexibility index (Phi) is 4.59. The van der Waals surface area contributed by atoms with Gasteiger partial charge in [0.05, 0.1) is 0 Å². The minimum atomic E-state index is -0.814. The molecule has 0 saturated carbocycles. The van der Waals surface area contributed by atoms with E-state index in [0.717, 1.165) is 18.5 Å². The molecule has 0 heterocycles. The Morgan fingerprint density at radius 2 is 1.83 bits per heavy atom. The number of nitrogens with zero attached hydrogens (tertiary/aromatic N) is 1. The number of aliphatic carboxylic acids is 1. The summed E-state index contributed by atoms with van der Waals surface area (Å²) in [7, 11) is 3.95. The van der Waals surface area contributed by atoms with Crippen LogP contribution < -0.4 is 0 Å². The number of carboxylic acids is 1. The normalized spacial score (nSPS) is 13.1. The minimum absolute atomic E-state index is 0.469. The molecule has 0 aliphatic carbocycles. The second kappa shape index (κ2) is 4.93. The van der Waals surface area contributed by atoms with Crippen LogP contribution in [-0.4, -0.2) is 36.6 Å². The van der Waals surface area contributed by atoms with Crippen LogP contribution in [0.5, 0.6) is 0 Å². The zero-order valence-electron chi connectivity index (χ0n) is 8.22. The standard InChI is InChI=1S/C9H17NO2/c1-7(5-6-10(3)4)8(2)9(11)12/h5-6H2,1-4H3,(H,11,12). The van der Waals surface area contributed by atoms with E-state index < -0.39 is 5.97 Å². The van der Waals surface area contributed by atoms with Crippen molar-refractivity contribution in [3.63, 3.8) is 0 Å². The zero-order valence-corrected chi connectivity index (χ0v) is 8.22. The van der Waals surface area contributed by atoms with Crippen LogP contribution in [0.2, 0.25) is 0 Å². The maximum absolute atomic E-state index is 10.5. The average Bonchev–Trinajstić information content (AvgIpc) is 1.98. The summed E-state index contributed by atoms with van der Waals surface area (Å²) < 4.78 is 0. The van der Waals surface area contributed by atoms with Crippen molar-refractivity contribution in [2.24, 2.45) is 0 Å². The molecular formula is C9H17NO2. The summed E-state index contributed by atoms with van der Waals surface area (Å²) in [5.41, 5.74) is 1.42. The van der Waals surface area contributed by atoms with Gasteiger partial charge in [0.1, 0.15) is 0 Å². The fourth-order valence-corrected chi connectivity index (χ4v) is 0.761. The second-order valence-electron chi connectivity index (χ2n) is 3.26. The molecule has 0 aliphatic heterocycles. The molecule has 70 valence electrons. The number of hydrogen-bond donors (Lipinski definition) is 1. The van der Waals surface area contributed by atoms with Gasteiger partial charge in [-0.15, -0.1) is 0 Å². The van der Waals surface area contributed by atoms with Gasteiger partial charge in [0, 0.05) is 12.1 Å². The molecule has 0 saturated heterocycles. The van der Waals surface area contributed by atoms with Crippen LogP contribution in [0, 0.1) is 0 Å². The molecule has 1 N–H and O–H groups in total. The van der Waals surface area contributed by atoms with Crippen molar-refractivity contribution in [3.05, 3.63) is 11.1 Å². The van der Waals surface area contributed by atoms with Crippen LogP contribution in [0.1, 0.15) is 20.3 Å². The summed E-state index contributed by atoms with van der Waals surface area (Å²) in [6, 6.07) is 0. The highest BCUT2D eigenvalue weighted by Gasteiger charge is 2.04. The highest BCUT2D eigenvalue weighted by molar-refractivity contribution is 5.86. The highest BCUT2D eigenvalue weighted by atomic mass is 16.4. The first-order valence-electron chi connectivity index (χ1n) is 3.99. The Balaban J connectivity index is 4.09. The van der Waals surface area contributed by atoms with Crippen LogP contribution in [0.15, 0.2) is 11.1 Å². The molecule has 12 heavy (non-hydrogen) atoms. The van der Waals surface area contributed by atoms with E-state index in [-0.39, 0.29) is 0 Å². The Bertz CT molecular complexity index is 195. The van der Waals surface area contributed by atoms with Crippen molar-refractivity contribution in [1.82, 2.24) is 4.90 Å². The molecule has 0 amide bonds. The quantitative estimate of drug-likeness (QED) is 0.649. The molecule has 0 aromatic heterocycles. The molecule has 0 spiro atoms. The molecule has 0 aromatic rings. The van der Waals surface area contributed by atoms with Gasteiger partial charge >= 0.3 is 5.97 Å². The van der Waals surface area contributed by atoms with Gasteiger partial charge in [-0.1, -0.05) is 5.57 Å². The summed E-state index contributed by atoms with van der Waals surface area (Å²) in [4.78, 5) is 12.6. The smallest absolute Gasteiger partial charge is 0.331 e. The first kappa shape index (κ1) is 11.2. The van der Waals surface area contributed by atoms with E-state index in [9.17, 15) is 4.79 Å². The summed E-state index contributed by atoms with van der Waals surface area (Å²) >= 11 is 0. The Morgan fingerprint density at radius 1 is 1.33 bits per heavy atom. The van der Waals surface area contributed by atoms with Gasteiger partial charge in [-0.05, 0) is 34.4 Å². The predicted molar refractivity (Wildman–Crippen MR) is 49.2 cm³/mol. The number of carbonyl (C=O) groups is 1. The van der Waals surface area contributed by atoms with Gasteiger partial charge in [0.2, 0.25) is 0 Å². The van der Waals surface area contributed by atoms with Crippen LogP contribution in [0.25, 0.3) is 0 Å². The summed E-state index contributed by atoms with van der Waals surface area (Å²) in [6.45, 7) is 4.41. The molecule has 3 nitrogen and oxygen atoms in total. The minimum Gasteiger partial charge on any atom is -0.478 e. The second-order valence-corrected chi connectivity index (χ2v) is 3.26. The van der Waals surface area contributed by atoms with Crippen molar-refractivity contribution >= 4 is 5.97 Å². The largest absolute Gasteiger partial charge is 0.478 e. The van der Waals surface area contributed by atoms with E-state index in [1.807, 2.05) is 25.9 Å².